The number of halogens is 1. The molecule has 0 spiro atoms. The molecule has 6 heteroatoms. The van der Waals surface area contributed by atoms with Gasteiger partial charge in [0.25, 0.3) is 0 Å². The van der Waals surface area contributed by atoms with Crippen LogP contribution in [0.25, 0.3) is 0 Å². The number of carbonyl (C=O) groups is 2. The summed E-state index contributed by atoms with van der Waals surface area (Å²) < 4.78 is 12.7. The molecule has 1 aromatic carbocycles. The van der Waals surface area contributed by atoms with E-state index >= 15 is 0 Å². The lowest BCUT2D eigenvalue weighted by Crippen LogP contribution is -2.32. The van der Waals surface area contributed by atoms with Crippen molar-refractivity contribution in [2.45, 2.75) is 33.1 Å². The largest absolute Gasteiger partial charge is 0.329 e. The summed E-state index contributed by atoms with van der Waals surface area (Å²) in [7, 11) is 0. The van der Waals surface area contributed by atoms with Crippen LogP contribution in [0.3, 0.4) is 0 Å². The van der Waals surface area contributed by atoms with E-state index in [0.717, 1.165) is 25.0 Å². The quantitative estimate of drug-likeness (QED) is 0.494. The van der Waals surface area contributed by atoms with Crippen molar-refractivity contribution in [2.75, 3.05) is 5.32 Å². The molecule has 2 N–H and O–H groups in total. The standard InChI is InChI=1S/C14H18FN3O2/c1-3-4-5-10(2)17-18-14(20)13(19)16-12-8-6-11(15)7-9-12/h6-9H,3-5H2,1-2H3,(H,16,19)(H,18,20). The molecule has 5 nitrogen and oxygen atoms in total. The molecular weight excluding hydrogens is 261 g/mol. The van der Waals surface area contributed by atoms with Gasteiger partial charge in [0.15, 0.2) is 0 Å². The Balaban J connectivity index is 2.47. The number of amides is 2. The lowest BCUT2D eigenvalue weighted by atomic mass is 10.2. The number of hydrogen-bond acceptors (Lipinski definition) is 3. The molecule has 0 unspecified atom stereocenters. The third kappa shape index (κ3) is 5.60. The van der Waals surface area contributed by atoms with Crippen molar-refractivity contribution in [1.82, 2.24) is 5.43 Å². The zero-order chi connectivity index (χ0) is 15.0. The first-order valence-electron chi connectivity index (χ1n) is 6.43. The number of unbranched alkanes of at least 4 members (excludes halogenated alkanes) is 1. The molecule has 0 radical (unpaired) electrons. The molecule has 1 rings (SSSR count). The Morgan fingerprint density at radius 1 is 1.20 bits per heavy atom. The number of rotatable bonds is 5. The fourth-order valence-electron chi connectivity index (χ4n) is 1.41. The van der Waals surface area contributed by atoms with Gasteiger partial charge >= 0.3 is 11.8 Å². The van der Waals surface area contributed by atoms with Crippen LogP contribution in [0.2, 0.25) is 0 Å². The van der Waals surface area contributed by atoms with Crippen LogP contribution in [-0.4, -0.2) is 17.5 Å². The normalized spacial score (nSPS) is 11.1. The number of anilines is 1. The number of hydrogen-bond donors (Lipinski definition) is 2. The van der Waals surface area contributed by atoms with Crippen molar-refractivity contribution in [2.24, 2.45) is 5.10 Å². The summed E-state index contributed by atoms with van der Waals surface area (Å²) in [4.78, 5) is 23.0. The van der Waals surface area contributed by atoms with Crippen molar-refractivity contribution in [1.29, 1.82) is 0 Å². The van der Waals surface area contributed by atoms with Crippen LogP contribution in [0.1, 0.15) is 33.1 Å². The molecule has 0 aliphatic rings. The van der Waals surface area contributed by atoms with Crippen LogP contribution < -0.4 is 10.7 Å². The molecule has 0 fully saturated rings. The van der Waals surface area contributed by atoms with E-state index in [9.17, 15) is 14.0 Å². The van der Waals surface area contributed by atoms with Crippen molar-refractivity contribution in [3.05, 3.63) is 30.1 Å². The highest BCUT2D eigenvalue weighted by Crippen LogP contribution is 2.07. The minimum atomic E-state index is -0.856. The van der Waals surface area contributed by atoms with Crippen LogP contribution >= 0.6 is 0 Å². The van der Waals surface area contributed by atoms with Crippen molar-refractivity contribution in [3.63, 3.8) is 0 Å². The van der Waals surface area contributed by atoms with E-state index < -0.39 is 17.6 Å². The van der Waals surface area contributed by atoms with Gasteiger partial charge in [0.1, 0.15) is 5.82 Å². The maximum absolute atomic E-state index is 12.7. The van der Waals surface area contributed by atoms with Crippen molar-refractivity contribution < 1.29 is 14.0 Å². The smallest absolute Gasteiger partial charge is 0.318 e. The van der Waals surface area contributed by atoms with E-state index in [1.807, 2.05) is 0 Å². The van der Waals surface area contributed by atoms with E-state index in [1.165, 1.54) is 24.3 Å². The summed E-state index contributed by atoms with van der Waals surface area (Å²) in [5, 5.41) is 6.18. The molecule has 0 aliphatic heterocycles. The Bertz CT molecular complexity index is 498. The molecule has 2 amide bonds. The zero-order valence-electron chi connectivity index (χ0n) is 11.6. The zero-order valence-corrected chi connectivity index (χ0v) is 11.6. The molecule has 0 saturated heterocycles. The lowest BCUT2D eigenvalue weighted by Gasteiger charge is -2.04. The van der Waals surface area contributed by atoms with Crippen molar-refractivity contribution >= 4 is 23.2 Å². The van der Waals surface area contributed by atoms with E-state index in [1.54, 1.807) is 6.92 Å². The molecular formula is C14H18FN3O2. The van der Waals surface area contributed by atoms with Crippen LogP contribution in [0.15, 0.2) is 29.4 Å². The third-order valence-electron chi connectivity index (χ3n) is 2.55. The van der Waals surface area contributed by atoms with Crippen molar-refractivity contribution in [3.8, 4) is 0 Å². The molecule has 0 aromatic heterocycles. The Kier molecular flexibility index (Phi) is 6.36. The molecule has 20 heavy (non-hydrogen) atoms. The summed E-state index contributed by atoms with van der Waals surface area (Å²) in [5.41, 5.74) is 3.29. The summed E-state index contributed by atoms with van der Waals surface area (Å²) in [6.07, 6.45) is 2.79. The topological polar surface area (TPSA) is 70.6 Å². The molecule has 0 bridgehead atoms. The van der Waals surface area contributed by atoms with Gasteiger partial charge in [-0.1, -0.05) is 13.3 Å². The summed E-state index contributed by atoms with van der Waals surface area (Å²) >= 11 is 0. The first kappa shape index (κ1) is 15.8. The Hall–Kier alpha value is -2.24. The maximum atomic E-state index is 12.7. The number of carbonyl (C=O) groups excluding carboxylic acids is 2. The van der Waals surface area contributed by atoms with E-state index in [2.05, 4.69) is 22.8 Å². The summed E-state index contributed by atoms with van der Waals surface area (Å²) in [6.45, 7) is 3.84. The van der Waals surface area contributed by atoms with Gasteiger partial charge in [-0.2, -0.15) is 5.10 Å². The number of hydrazone groups is 1. The Morgan fingerprint density at radius 3 is 2.45 bits per heavy atom. The Morgan fingerprint density at radius 2 is 1.85 bits per heavy atom. The second-order valence-electron chi connectivity index (χ2n) is 4.35. The number of nitrogens with zero attached hydrogens (tertiary/aromatic N) is 1. The maximum Gasteiger partial charge on any atom is 0.329 e. The van der Waals surface area contributed by atoms with Crippen LogP contribution in [0, 0.1) is 5.82 Å². The lowest BCUT2D eigenvalue weighted by molar-refractivity contribution is -0.136. The van der Waals surface area contributed by atoms with E-state index in [4.69, 9.17) is 0 Å². The van der Waals surface area contributed by atoms with Gasteiger partial charge in [0.2, 0.25) is 0 Å². The molecule has 0 heterocycles. The monoisotopic (exact) mass is 279 g/mol. The molecule has 1 aromatic rings. The molecule has 0 aliphatic carbocycles. The fourth-order valence-corrected chi connectivity index (χ4v) is 1.41. The molecule has 0 atom stereocenters. The first-order valence-corrected chi connectivity index (χ1v) is 6.43. The fraction of sp³-hybridized carbons (Fsp3) is 0.357. The van der Waals surface area contributed by atoms with Crippen LogP contribution in [-0.2, 0) is 9.59 Å². The van der Waals surface area contributed by atoms with Gasteiger partial charge in [0, 0.05) is 11.4 Å². The van der Waals surface area contributed by atoms with E-state index in [0.29, 0.717) is 5.69 Å². The second-order valence-corrected chi connectivity index (χ2v) is 4.35. The SMILES string of the molecule is CCCCC(C)=NNC(=O)C(=O)Nc1ccc(F)cc1. The van der Waals surface area contributed by atoms with Gasteiger partial charge in [-0.3, -0.25) is 9.59 Å². The van der Waals surface area contributed by atoms with Crippen LogP contribution in [0.5, 0.6) is 0 Å². The average molecular weight is 279 g/mol. The second kappa shape index (κ2) is 8.04. The minimum Gasteiger partial charge on any atom is -0.318 e. The minimum absolute atomic E-state index is 0.346. The van der Waals surface area contributed by atoms with Gasteiger partial charge in [-0.25, -0.2) is 9.82 Å². The first-order chi connectivity index (χ1) is 9.52. The predicted molar refractivity (Wildman–Crippen MR) is 75.8 cm³/mol. The number of benzene rings is 1. The Labute approximate surface area is 117 Å². The predicted octanol–water partition coefficient (Wildman–Crippen LogP) is 2.45. The van der Waals surface area contributed by atoms with Gasteiger partial charge in [0.05, 0.1) is 0 Å². The summed E-state index contributed by atoms with van der Waals surface area (Å²) in [6, 6.07) is 5.13. The number of nitrogens with one attached hydrogen (secondary N) is 2. The summed E-state index contributed by atoms with van der Waals surface area (Å²) in [5.74, 6) is -2.11. The highest BCUT2D eigenvalue weighted by atomic mass is 19.1. The van der Waals surface area contributed by atoms with Gasteiger partial charge in [-0.15, -0.1) is 0 Å². The highest BCUT2D eigenvalue weighted by molar-refractivity contribution is 6.39. The van der Waals surface area contributed by atoms with Crippen LogP contribution in [0.4, 0.5) is 10.1 Å². The van der Waals surface area contributed by atoms with E-state index in [-0.39, 0.29) is 0 Å². The highest BCUT2D eigenvalue weighted by Gasteiger charge is 2.12. The average Bonchev–Trinajstić information content (AvgIpc) is 2.44. The van der Waals surface area contributed by atoms with Gasteiger partial charge in [-0.05, 0) is 44.0 Å². The third-order valence-corrected chi connectivity index (χ3v) is 2.55. The molecule has 108 valence electrons. The van der Waals surface area contributed by atoms with Gasteiger partial charge < -0.3 is 5.32 Å². The molecule has 0 saturated carbocycles.